The first-order chi connectivity index (χ1) is 11.4. The lowest BCUT2D eigenvalue weighted by Crippen LogP contribution is -2.24. The van der Waals surface area contributed by atoms with E-state index in [1.54, 1.807) is 36.4 Å². The number of hydrogen-bond acceptors (Lipinski definition) is 3. The van der Waals surface area contributed by atoms with Gasteiger partial charge in [-0.3, -0.25) is 4.79 Å². The van der Waals surface area contributed by atoms with Crippen LogP contribution >= 0.6 is 27.5 Å². The van der Waals surface area contributed by atoms with Crippen molar-refractivity contribution in [2.75, 3.05) is 24.8 Å². The summed E-state index contributed by atoms with van der Waals surface area (Å²) in [4.78, 5) is 24.1. The van der Waals surface area contributed by atoms with Crippen LogP contribution in [0, 0.1) is 0 Å². The molecule has 3 N–H and O–H groups in total. The fraction of sp³-hybridized carbons (Fsp3) is 0.125. The van der Waals surface area contributed by atoms with Crippen LogP contribution in [0.4, 0.5) is 16.2 Å². The number of benzene rings is 2. The van der Waals surface area contributed by atoms with E-state index in [4.69, 9.17) is 16.3 Å². The van der Waals surface area contributed by atoms with Crippen molar-refractivity contribution in [2.24, 2.45) is 0 Å². The summed E-state index contributed by atoms with van der Waals surface area (Å²) in [6, 6.07) is 9.29. The van der Waals surface area contributed by atoms with Crippen LogP contribution in [-0.4, -0.2) is 26.1 Å². The second-order valence-corrected chi connectivity index (χ2v) is 6.08. The maximum absolute atomic E-state index is 12.2. The van der Waals surface area contributed by atoms with Crippen LogP contribution < -0.4 is 20.7 Å². The largest absolute Gasteiger partial charge is 0.497 e. The van der Waals surface area contributed by atoms with E-state index in [9.17, 15) is 9.59 Å². The molecule has 0 saturated carbocycles. The molecule has 0 aliphatic carbocycles. The number of ether oxygens (including phenoxy) is 1. The topological polar surface area (TPSA) is 79.5 Å². The van der Waals surface area contributed by atoms with Gasteiger partial charge in [-0.05, 0) is 30.3 Å². The SMILES string of the molecule is CNC(=O)c1ccc(OC)cc1NC(=O)Nc1cc(Cl)cc(Br)c1. The van der Waals surface area contributed by atoms with Gasteiger partial charge in [0.05, 0.1) is 18.4 Å². The highest BCUT2D eigenvalue weighted by atomic mass is 79.9. The van der Waals surface area contributed by atoms with E-state index in [-0.39, 0.29) is 5.91 Å². The molecule has 24 heavy (non-hydrogen) atoms. The Kier molecular flexibility index (Phi) is 6.05. The average Bonchev–Trinajstić information content (AvgIpc) is 2.52. The van der Waals surface area contributed by atoms with Gasteiger partial charge in [0.1, 0.15) is 5.75 Å². The van der Waals surface area contributed by atoms with Gasteiger partial charge in [-0.1, -0.05) is 27.5 Å². The van der Waals surface area contributed by atoms with Crippen molar-refractivity contribution in [3.05, 3.63) is 51.5 Å². The zero-order valence-electron chi connectivity index (χ0n) is 12.9. The van der Waals surface area contributed by atoms with Gasteiger partial charge in [-0.25, -0.2) is 4.79 Å². The van der Waals surface area contributed by atoms with Crippen molar-refractivity contribution in [3.8, 4) is 5.75 Å². The Bertz CT molecular complexity index is 763. The van der Waals surface area contributed by atoms with E-state index in [1.165, 1.54) is 14.2 Å². The molecule has 0 atom stereocenters. The Morgan fingerprint density at radius 1 is 1.12 bits per heavy atom. The molecule has 8 heteroatoms. The van der Waals surface area contributed by atoms with Gasteiger partial charge in [-0.2, -0.15) is 0 Å². The van der Waals surface area contributed by atoms with Crippen molar-refractivity contribution in [1.82, 2.24) is 5.32 Å². The van der Waals surface area contributed by atoms with E-state index in [1.807, 2.05) is 0 Å². The average molecular weight is 413 g/mol. The fourth-order valence-corrected chi connectivity index (χ4v) is 2.86. The Morgan fingerprint density at radius 2 is 1.88 bits per heavy atom. The van der Waals surface area contributed by atoms with Gasteiger partial charge in [0.15, 0.2) is 0 Å². The third-order valence-corrected chi connectivity index (χ3v) is 3.74. The van der Waals surface area contributed by atoms with Gasteiger partial charge in [-0.15, -0.1) is 0 Å². The van der Waals surface area contributed by atoms with Crippen molar-refractivity contribution in [2.45, 2.75) is 0 Å². The minimum Gasteiger partial charge on any atom is -0.497 e. The van der Waals surface area contributed by atoms with E-state index in [0.29, 0.717) is 27.7 Å². The normalized spacial score (nSPS) is 10.0. The van der Waals surface area contributed by atoms with Crippen LogP contribution in [0.25, 0.3) is 0 Å². The minimum absolute atomic E-state index is 0.320. The van der Waals surface area contributed by atoms with Crippen molar-refractivity contribution in [1.29, 1.82) is 0 Å². The smallest absolute Gasteiger partial charge is 0.323 e. The molecule has 2 rings (SSSR count). The maximum atomic E-state index is 12.2. The molecule has 0 saturated heterocycles. The van der Waals surface area contributed by atoms with Crippen LogP contribution in [-0.2, 0) is 0 Å². The molecule has 0 aliphatic rings. The molecule has 0 radical (unpaired) electrons. The zero-order chi connectivity index (χ0) is 17.7. The Labute approximate surface area is 152 Å². The summed E-state index contributed by atoms with van der Waals surface area (Å²) in [5, 5.41) is 8.30. The monoisotopic (exact) mass is 411 g/mol. The number of carbonyl (C=O) groups excluding carboxylic acids is 2. The number of urea groups is 1. The van der Waals surface area contributed by atoms with Crippen molar-refractivity contribution in [3.63, 3.8) is 0 Å². The highest BCUT2D eigenvalue weighted by Crippen LogP contribution is 2.25. The number of carbonyl (C=O) groups is 2. The summed E-state index contributed by atoms with van der Waals surface area (Å²) in [5.41, 5.74) is 1.16. The number of rotatable bonds is 4. The lowest BCUT2D eigenvalue weighted by Gasteiger charge is -2.13. The zero-order valence-corrected chi connectivity index (χ0v) is 15.3. The molecule has 0 bridgehead atoms. The number of methoxy groups -OCH3 is 1. The second-order valence-electron chi connectivity index (χ2n) is 4.73. The summed E-state index contributed by atoms with van der Waals surface area (Å²) >= 11 is 9.25. The van der Waals surface area contributed by atoms with Gasteiger partial charge in [0.2, 0.25) is 0 Å². The van der Waals surface area contributed by atoms with Crippen LogP contribution in [0.1, 0.15) is 10.4 Å². The Hall–Kier alpha value is -2.25. The minimum atomic E-state index is -0.512. The van der Waals surface area contributed by atoms with E-state index in [0.717, 1.165) is 4.47 Å². The van der Waals surface area contributed by atoms with E-state index >= 15 is 0 Å². The predicted octanol–water partition coefficient (Wildman–Crippen LogP) is 4.11. The van der Waals surface area contributed by atoms with Crippen LogP contribution in [0.2, 0.25) is 5.02 Å². The summed E-state index contributed by atoms with van der Waals surface area (Å²) < 4.78 is 5.86. The molecule has 0 unspecified atom stereocenters. The molecule has 6 nitrogen and oxygen atoms in total. The first-order valence-corrected chi connectivity index (χ1v) is 8.04. The highest BCUT2D eigenvalue weighted by Gasteiger charge is 2.14. The van der Waals surface area contributed by atoms with Crippen LogP contribution in [0.3, 0.4) is 0 Å². The summed E-state index contributed by atoms with van der Waals surface area (Å²) in [5.74, 6) is 0.196. The van der Waals surface area contributed by atoms with Gasteiger partial charge in [0, 0.05) is 28.3 Å². The molecule has 0 spiro atoms. The number of amides is 3. The second kappa shape index (κ2) is 8.03. The molecular weight excluding hydrogens is 398 g/mol. The van der Waals surface area contributed by atoms with Crippen molar-refractivity contribution >= 4 is 50.8 Å². The number of nitrogens with one attached hydrogen (secondary N) is 3. The lowest BCUT2D eigenvalue weighted by atomic mass is 10.1. The Balaban J connectivity index is 2.22. The lowest BCUT2D eigenvalue weighted by molar-refractivity contribution is 0.0964. The van der Waals surface area contributed by atoms with Crippen LogP contribution in [0.15, 0.2) is 40.9 Å². The first kappa shape index (κ1) is 18.1. The fourth-order valence-electron chi connectivity index (χ4n) is 2.00. The number of hydrogen-bond donors (Lipinski definition) is 3. The molecule has 126 valence electrons. The predicted molar refractivity (Wildman–Crippen MR) is 98.2 cm³/mol. The van der Waals surface area contributed by atoms with E-state index < -0.39 is 6.03 Å². The molecule has 0 aliphatic heterocycles. The molecule has 2 aromatic carbocycles. The molecule has 0 aromatic heterocycles. The molecule has 3 amide bonds. The van der Waals surface area contributed by atoms with Gasteiger partial charge in [0.25, 0.3) is 5.91 Å². The van der Waals surface area contributed by atoms with Gasteiger partial charge >= 0.3 is 6.03 Å². The third-order valence-electron chi connectivity index (χ3n) is 3.07. The standard InChI is InChI=1S/C16H15BrClN3O3/c1-19-15(22)13-4-3-12(24-2)8-14(13)21-16(23)20-11-6-9(17)5-10(18)7-11/h3-8H,1-2H3,(H,19,22)(H2,20,21,23). The number of anilines is 2. The van der Waals surface area contributed by atoms with E-state index in [2.05, 4.69) is 31.9 Å². The van der Waals surface area contributed by atoms with Crippen molar-refractivity contribution < 1.29 is 14.3 Å². The maximum Gasteiger partial charge on any atom is 0.323 e. The molecule has 0 fully saturated rings. The quantitative estimate of drug-likeness (QED) is 0.707. The first-order valence-electron chi connectivity index (χ1n) is 6.87. The summed E-state index contributed by atoms with van der Waals surface area (Å²) in [7, 11) is 3.02. The van der Waals surface area contributed by atoms with Crippen LogP contribution in [0.5, 0.6) is 5.75 Å². The molecular formula is C16H15BrClN3O3. The molecule has 2 aromatic rings. The third kappa shape index (κ3) is 4.62. The molecule has 0 heterocycles. The number of halogens is 2. The Morgan fingerprint density at radius 3 is 2.50 bits per heavy atom. The summed E-state index contributed by atoms with van der Waals surface area (Å²) in [6.45, 7) is 0. The van der Waals surface area contributed by atoms with Gasteiger partial charge < -0.3 is 20.7 Å². The summed E-state index contributed by atoms with van der Waals surface area (Å²) in [6.07, 6.45) is 0. The highest BCUT2D eigenvalue weighted by molar-refractivity contribution is 9.10.